The second-order valence-corrected chi connectivity index (χ2v) is 4.84. The van der Waals surface area contributed by atoms with Crippen LogP contribution in [0.5, 0.6) is 0 Å². The van der Waals surface area contributed by atoms with Gasteiger partial charge in [0.15, 0.2) is 0 Å². The van der Waals surface area contributed by atoms with E-state index in [-0.39, 0.29) is 5.91 Å². The van der Waals surface area contributed by atoms with Crippen LogP contribution in [0, 0.1) is 0 Å². The molecule has 14 heavy (non-hydrogen) atoms. The summed E-state index contributed by atoms with van der Waals surface area (Å²) >= 11 is 0. The summed E-state index contributed by atoms with van der Waals surface area (Å²) in [6, 6.07) is 0. The van der Waals surface area contributed by atoms with Gasteiger partial charge in [-0.3, -0.25) is 4.79 Å². The summed E-state index contributed by atoms with van der Waals surface area (Å²) in [5, 5.41) is 12.6. The predicted octanol–water partition coefficient (Wildman–Crippen LogP) is 0.145. The van der Waals surface area contributed by atoms with Crippen LogP contribution in [-0.2, 0) is 4.79 Å². The summed E-state index contributed by atoms with van der Waals surface area (Å²) in [7, 11) is 0. The van der Waals surface area contributed by atoms with E-state index in [1.165, 1.54) is 0 Å². The first kappa shape index (κ1) is 11.5. The average molecular weight is 200 g/mol. The molecule has 1 fully saturated rings. The molecule has 0 radical (unpaired) electrons. The highest BCUT2D eigenvalue weighted by atomic mass is 16.3. The Bertz CT molecular complexity index is 215. The van der Waals surface area contributed by atoms with Gasteiger partial charge in [0, 0.05) is 6.54 Å². The third-order valence-electron chi connectivity index (χ3n) is 2.70. The Hall–Kier alpha value is -0.610. The predicted molar refractivity (Wildman–Crippen MR) is 54.7 cm³/mol. The van der Waals surface area contributed by atoms with E-state index >= 15 is 0 Å². The molecule has 1 aliphatic carbocycles. The Morgan fingerprint density at radius 2 is 2.00 bits per heavy atom. The third kappa shape index (κ3) is 2.96. The number of carbonyl (C=O) groups is 1. The van der Waals surface area contributed by atoms with Gasteiger partial charge in [0.05, 0.1) is 11.1 Å². The minimum absolute atomic E-state index is 0.210. The van der Waals surface area contributed by atoms with E-state index in [2.05, 4.69) is 5.32 Å². The zero-order chi connectivity index (χ0) is 10.8. The van der Waals surface area contributed by atoms with Gasteiger partial charge >= 0.3 is 0 Å². The molecule has 0 unspecified atom stereocenters. The van der Waals surface area contributed by atoms with Crippen LogP contribution < -0.4 is 11.1 Å². The van der Waals surface area contributed by atoms with Crippen molar-refractivity contribution < 1.29 is 9.90 Å². The van der Waals surface area contributed by atoms with Gasteiger partial charge in [0.25, 0.3) is 0 Å². The molecule has 0 atom stereocenters. The topological polar surface area (TPSA) is 75.4 Å². The van der Waals surface area contributed by atoms with E-state index in [1.807, 2.05) is 0 Å². The maximum atomic E-state index is 11.4. The first-order valence-electron chi connectivity index (χ1n) is 5.13. The van der Waals surface area contributed by atoms with Gasteiger partial charge in [-0.25, -0.2) is 0 Å². The van der Waals surface area contributed by atoms with Crippen molar-refractivity contribution in [1.29, 1.82) is 0 Å². The molecule has 1 aliphatic rings. The third-order valence-corrected chi connectivity index (χ3v) is 2.70. The summed E-state index contributed by atoms with van der Waals surface area (Å²) < 4.78 is 0. The molecule has 1 amide bonds. The number of rotatable bonds is 3. The lowest BCUT2D eigenvalue weighted by atomic mass is 10.0. The number of nitrogens with two attached hydrogens (primary N) is 1. The quantitative estimate of drug-likeness (QED) is 0.607. The van der Waals surface area contributed by atoms with Gasteiger partial charge in [-0.05, 0) is 26.7 Å². The van der Waals surface area contributed by atoms with Gasteiger partial charge in [0.2, 0.25) is 5.91 Å². The van der Waals surface area contributed by atoms with Crippen LogP contribution in [0.15, 0.2) is 0 Å². The number of hydrogen-bond acceptors (Lipinski definition) is 3. The molecule has 0 saturated heterocycles. The summed E-state index contributed by atoms with van der Waals surface area (Å²) in [5.41, 5.74) is 4.05. The van der Waals surface area contributed by atoms with E-state index < -0.39 is 11.1 Å². The van der Waals surface area contributed by atoms with Gasteiger partial charge in [-0.2, -0.15) is 0 Å². The minimum atomic E-state index is -0.866. The van der Waals surface area contributed by atoms with Gasteiger partial charge in [0.1, 0.15) is 0 Å². The second-order valence-electron chi connectivity index (χ2n) is 4.84. The van der Waals surface area contributed by atoms with Crippen LogP contribution in [0.25, 0.3) is 0 Å². The van der Waals surface area contributed by atoms with Crippen molar-refractivity contribution in [2.24, 2.45) is 5.73 Å². The summed E-state index contributed by atoms with van der Waals surface area (Å²) in [4.78, 5) is 11.4. The molecule has 82 valence electrons. The van der Waals surface area contributed by atoms with Crippen molar-refractivity contribution in [3.05, 3.63) is 0 Å². The van der Waals surface area contributed by atoms with E-state index in [4.69, 9.17) is 5.73 Å². The molecule has 4 N–H and O–H groups in total. The van der Waals surface area contributed by atoms with E-state index in [0.29, 0.717) is 6.54 Å². The highest BCUT2D eigenvalue weighted by Gasteiger charge is 2.32. The Kier molecular flexibility index (Phi) is 3.17. The SMILES string of the molecule is CC(C)(N)C(=O)NCC1(O)CCCC1. The second kappa shape index (κ2) is 3.87. The lowest BCUT2D eigenvalue weighted by Crippen LogP contribution is -2.52. The van der Waals surface area contributed by atoms with Crippen LogP contribution >= 0.6 is 0 Å². The largest absolute Gasteiger partial charge is 0.388 e. The molecule has 0 aliphatic heterocycles. The van der Waals surface area contributed by atoms with Crippen molar-refractivity contribution in [1.82, 2.24) is 5.32 Å². The molecular weight excluding hydrogens is 180 g/mol. The standard InChI is InChI=1S/C10H20N2O2/c1-9(2,11)8(13)12-7-10(14)5-3-4-6-10/h14H,3-7,11H2,1-2H3,(H,12,13). The smallest absolute Gasteiger partial charge is 0.239 e. The first-order chi connectivity index (χ1) is 6.33. The maximum Gasteiger partial charge on any atom is 0.239 e. The molecule has 0 bridgehead atoms. The lowest BCUT2D eigenvalue weighted by Gasteiger charge is -2.25. The summed E-state index contributed by atoms with van der Waals surface area (Å²) in [6.07, 6.45) is 3.63. The van der Waals surface area contributed by atoms with Crippen LogP contribution in [0.3, 0.4) is 0 Å². The maximum absolute atomic E-state index is 11.4. The molecule has 4 heteroatoms. The van der Waals surface area contributed by atoms with Gasteiger partial charge < -0.3 is 16.2 Å². The van der Waals surface area contributed by atoms with Crippen LogP contribution in [0.1, 0.15) is 39.5 Å². The van der Waals surface area contributed by atoms with Crippen molar-refractivity contribution in [2.45, 2.75) is 50.7 Å². The number of hydrogen-bond donors (Lipinski definition) is 3. The monoisotopic (exact) mass is 200 g/mol. The molecule has 0 heterocycles. The van der Waals surface area contributed by atoms with E-state index in [1.54, 1.807) is 13.8 Å². The Morgan fingerprint density at radius 1 is 1.50 bits per heavy atom. The summed E-state index contributed by atoms with van der Waals surface area (Å²) in [6.45, 7) is 3.63. The summed E-state index contributed by atoms with van der Waals surface area (Å²) in [5.74, 6) is -0.210. The number of aliphatic hydroxyl groups is 1. The molecular formula is C10H20N2O2. The molecule has 0 aromatic rings. The van der Waals surface area contributed by atoms with Crippen molar-refractivity contribution in [3.63, 3.8) is 0 Å². The highest BCUT2D eigenvalue weighted by molar-refractivity contribution is 5.85. The molecule has 0 spiro atoms. The Balaban J connectivity index is 2.37. The highest BCUT2D eigenvalue weighted by Crippen LogP contribution is 2.28. The fourth-order valence-electron chi connectivity index (χ4n) is 1.68. The van der Waals surface area contributed by atoms with Crippen molar-refractivity contribution >= 4 is 5.91 Å². The number of amides is 1. The van der Waals surface area contributed by atoms with Crippen molar-refractivity contribution in [3.8, 4) is 0 Å². The van der Waals surface area contributed by atoms with Gasteiger partial charge in [-0.1, -0.05) is 12.8 Å². The molecule has 0 aromatic heterocycles. The number of carbonyl (C=O) groups excluding carboxylic acids is 1. The normalized spacial score (nSPS) is 20.9. The Morgan fingerprint density at radius 3 is 2.43 bits per heavy atom. The molecule has 4 nitrogen and oxygen atoms in total. The van der Waals surface area contributed by atoms with Crippen LogP contribution in [-0.4, -0.2) is 28.7 Å². The van der Waals surface area contributed by atoms with Gasteiger partial charge in [-0.15, -0.1) is 0 Å². The molecule has 0 aromatic carbocycles. The molecule has 1 saturated carbocycles. The zero-order valence-corrected chi connectivity index (χ0v) is 8.97. The molecule has 1 rings (SSSR count). The fourth-order valence-corrected chi connectivity index (χ4v) is 1.68. The van der Waals surface area contributed by atoms with Crippen LogP contribution in [0.4, 0.5) is 0 Å². The fraction of sp³-hybridized carbons (Fsp3) is 0.900. The zero-order valence-electron chi connectivity index (χ0n) is 8.97. The van der Waals surface area contributed by atoms with E-state index in [9.17, 15) is 9.90 Å². The Labute approximate surface area is 84.9 Å². The van der Waals surface area contributed by atoms with E-state index in [0.717, 1.165) is 25.7 Å². The minimum Gasteiger partial charge on any atom is -0.388 e. The van der Waals surface area contributed by atoms with Crippen molar-refractivity contribution in [2.75, 3.05) is 6.54 Å². The van der Waals surface area contributed by atoms with Crippen LogP contribution in [0.2, 0.25) is 0 Å². The first-order valence-corrected chi connectivity index (χ1v) is 5.13. The average Bonchev–Trinajstić information content (AvgIpc) is 2.47. The lowest BCUT2D eigenvalue weighted by molar-refractivity contribution is -0.126. The number of nitrogens with one attached hydrogen (secondary N) is 1.